The maximum atomic E-state index is 5.70. The molecule has 0 unspecified atom stereocenters. The lowest BCUT2D eigenvalue weighted by molar-refractivity contribution is 0.297. The molecule has 2 aromatic rings. The molecule has 1 aromatic carbocycles. The Hall–Kier alpha value is -1.59. The number of thiazole rings is 1. The fraction of sp³-hybridized carbons (Fsp3) is 0.357. The van der Waals surface area contributed by atoms with Gasteiger partial charge in [-0.25, -0.2) is 4.98 Å². The van der Waals surface area contributed by atoms with Gasteiger partial charge in [0, 0.05) is 19.0 Å². The molecule has 0 fully saturated rings. The molecule has 1 aliphatic rings. The highest BCUT2D eigenvalue weighted by atomic mass is 32.1. The molecule has 0 aliphatic carbocycles. The first kappa shape index (κ1) is 12.4. The Morgan fingerprint density at radius 3 is 2.89 bits per heavy atom. The van der Waals surface area contributed by atoms with E-state index >= 15 is 0 Å². The normalized spacial score (nSPS) is 14.2. The quantitative estimate of drug-likeness (QED) is 0.935. The Bertz CT molecular complexity index is 568. The molecule has 0 radical (unpaired) electrons. The molecule has 19 heavy (non-hydrogen) atoms. The van der Waals surface area contributed by atoms with Gasteiger partial charge in [0.15, 0.2) is 11.5 Å². The monoisotopic (exact) mass is 276 g/mol. The van der Waals surface area contributed by atoms with Crippen LogP contribution in [-0.2, 0) is 6.42 Å². The Labute approximate surface area is 116 Å². The molecule has 100 valence electrons. The van der Waals surface area contributed by atoms with Gasteiger partial charge in [0.2, 0.25) is 0 Å². The summed E-state index contributed by atoms with van der Waals surface area (Å²) in [7, 11) is 0. The Kier molecular flexibility index (Phi) is 3.66. The number of hydrogen-bond donors (Lipinski definition) is 1. The zero-order valence-corrected chi connectivity index (χ0v) is 11.4. The summed E-state index contributed by atoms with van der Waals surface area (Å²) in [5, 5.41) is 1.07. The van der Waals surface area contributed by atoms with Crippen molar-refractivity contribution < 1.29 is 9.47 Å². The minimum absolute atomic E-state index is 0.633. The van der Waals surface area contributed by atoms with Crippen molar-refractivity contribution in [2.24, 2.45) is 5.73 Å². The van der Waals surface area contributed by atoms with Gasteiger partial charge in [-0.2, -0.15) is 0 Å². The Morgan fingerprint density at radius 2 is 2.05 bits per heavy atom. The molecule has 0 spiro atoms. The smallest absolute Gasteiger partial charge is 0.161 e. The first-order valence-corrected chi connectivity index (χ1v) is 7.23. The lowest BCUT2D eigenvalue weighted by Crippen LogP contribution is -2.01. The zero-order valence-electron chi connectivity index (χ0n) is 10.6. The summed E-state index contributed by atoms with van der Waals surface area (Å²) in [5.74, 6) is 1.65. The van der Waals surface area contributed by atoms with Crippen LogP contribution in [0.5, 0.6) is 11.5 Å². The molecule has 3 rings (SSSR count). The maximum absolute atomic E-state index is 5.70. The molecule has 0 saturated heterocycles. The molecule has 2 N–H and O–H groups in total. The molecular weight excluding hydrogens is 260 g/mol. The molecule has 1 aromatic heterocycles. The van der Waals surface area contributed by atoms with Gasteiger partial charge in [-0.3, -0.25) is 0 Å². The van der Waals surface area contributed by atoms with E-state index in [4.69, 9.17) is 15.2 Å². The van der Waals surface area contributed by atoms with Gasteiger partial charge < -0.3 is 15.2 Å². The summed E-state index contributed by atoms with van der Waals surface area (Å²) < 4.78 is 11.3. The summed E-state index contributed by atoms with van der Waals surface area (Å²) >= 11 is 1.68. The van der Waals surface area contributed by atoms with Crippen molar-refractivity contribution in [1.29, 1.82) is 0 Å². The van der Waals surface area contributed by atoms with E-state index in [1.165, 1.54) is 0 Å². The zero-order chi connectivity index (χ0) is 13.1. The van der Waals surface area contributed by atoms with E-state index in [0.29, 0.717) is 19.8 Å². The van der Waals surface area contributed by atoms with Crippen molar-refractivity contribution in [3.63, 3.8) is 0 Å². The molecule has 2 heterocycles. The summed E-state index contributed by atoms with van der Waals surface area (Å²) in [5.41, 5.74) is 6.66. The molecule has 0 amide bonds. The molecule has 4 nitrogen and oxygen atoms in total. The van der Waals surface area contributed by atoms with Gasteiger partial charge in [0.1, 0.15) is 0 Å². The first-order chi connectivity index (χ1) is 9.36. The van der Waals surface area contributed by atoms with Crippen molar-refractivity contribution in [1.82, 2.24) is 4.98 Å². The number of fused-ring (bicyclic) bond motifs is 1. The third-order valence-electron chi connectivity index (χ3n) is 2.94. The average molecular weight is 276 g/mol. The lowest BCUT2D eigenvalue weighted by atomic mass is 10.2. The fourth-order valence-corrected chi connectivity index (χ4v) is 2.93. The molecule has 5 heteroatoms. The predicted octanol–water partition coefficient (Wildman–Crippen LogP) is 2.47. The van der Waals surface area contributed by atoms with Gasteiger partial charge in [0.25, 0.3) is 0 Å². The van der Waals surface area contributed by atoms with Gasteiger partial charge >= 0.3 is 0 Å². The summed E-state index contributed by atoms with van der Waals surface area (Å²) in [6.07, 6.45) is 3.65. The number of nitrogens with two attached hydrogens (primary N) is 1. The van der Waals surface area contributed by atoms with Gasteiger partial charge in [0.05, 0.1) is 23.1 Å². The number of ether oxygens (including phenoxy) is 2. The Balaban J connectivity index is 1.89. The van der Waals surface area contributed by atoms with E-state index in [9.17, 15) is 0 Å². The summed E-state index contributed by atoms with van der Waals surface area (Å²) in [6.45, 7) is 2.05. The largest absolute Gasteiger partial charge is 0.490 e. The minimum Gasteiger partial charge on any atom is -0.490 e. The average Bonchev–Trinajstić information content (AvgIpc) is 2.76. The van der Waals surface area contributed by atoms with E-state index in [2.05, 4.69) is 4.98 Å². The lowest BCUT2D eigenvalue weighted by Gasteiger charge is -2.08. The molecular formula is C14H16N2O2S. The van der Waals surface area contributed by atoms with Crippen molar-refractivity contribution in [3.05, 3.63) is 29.4 Å². The van der Waals surface area contributed by atoms with Gasteiger partial charge in [-0.15, -0.1) is 11.3 Å². The second-order valence-electron chi connectivity index (χ2n) is 4.37. The fourth-order valence-electron chi connectivity index (χ4n) is 2.00. The van der Waals surface area contributed by atoms with Crippen molar-refractivity contribution in [2.45, 2.75) is 12.8 Å². The SMILES string of the molecule is NCCc1ncc(-c2ccc3c(c2)OCCCO3)s1. The van der Waals surface area contributed by atoms with Crippen LogP contribution < -0.4 is 15.2 Å². The van der Waals surface area contributed by atoms with Crippen LogP contribution in [0.2, 0.25) is 0 Å². The van der Waals surface area contributed by atoms with Crippen LogP contribution in [0, 0.1) is 0 Å². The van der Waals surface area contributed by atoms with Crippen molar-refractivity contribution in [3.8, 4) is 21.9 Å². The van der Waals surface area contributed by atoms with Crippen LogP contribution in [0.3, 0.4) is 0 Å². The van der Waals surface area contributed by atoms with Crippen LogP contribution in [0.25, 0.3) is 10.4 Å². The van der Waals surface area contributed by atoms with Crippen LogP contribution >= 0.6 is 11.3 Å². The predicted molar refractivity (Wildman–Crippen MR) is 75.9 cm³/mol. The van der Waals surface area contributed by atoms with Crippen LogP contribution in [0.1, 0.15) is 11.4 Å². The van der Waals surface area contributed by atoms with E-state index in [0.717, 1.165) is 39.8 Å². The van der Waals surface area contributed by atoms with Crippen LogP contribution in [0.4, 0.5) is 0 Å². The van der Waals surface area contributed by atoms with Crippen LogP contribution in [-0.4, -0.2) is 24.7 Å². The topological polar surface area (TPSA) is 57.4 Å². The molecule has 0 bridgehead atoms. The van der Waals surface area contributed by atoms with Crippen molar-refractivity contribution >= 4 is 11.3 Å². The number of nitrogens with zero attached hydrogens (tertiary/aromatic N) is 1. The second kappa shape index (κ2) is 5.59. The minimum atomic E-state index is 0.633. The number of aromatic nitrogens is 1. The Morgan fingerprint density at radius 1 is 1.21 bits per heavy atom. The van der Waals surface area contributed by atoms with Crippen molar-refractivity contribution in [2.75, 3.05) is 19.8 Å². The maximum Gasteiger partial charge on any atom is 0.161 e. The highest BCUT2D eigenvalue weighted by molar-refractivity contribution is 7.15. The third-order valence-corrected chi connectivity index (χ3v) is 4.05. The van der Waals surface area contributed by atoms with Gasteiger partial charge in [-0.1, -0.05) is 0 Å². The molecule has 0 atom stereocenters. The van der Waals surface area contributed by atoms with E-state index in [-0.39, 0.29) is 0 Å². The highest BCUT2D eigenvalue weighted by Crippen LogP contribution is 2.35. The number of rotatable bonds is 3. The second-order valence-corrected chi connectivity index (χ2v) is 5.48. The highest BCUT2D eigenvalue weighted by Gasteiger charge is 2.12. The number of hydrogen-bond acceptors (Lipinski definition) is 5. The summed E-state index contributed by atoms with van der Waals surface area (Å²) in [6, 6.07) is 6.05. The van der Waals surface area contributed by atoms with E-state index < -0.39 is 0 Å². The van der Waals surface area contributed by atoms with E-state index in [1.54, 1.807) is 11.3 Å². The van der Waals surface area contributed by atoms with Gasteiger partial charge in [-0.05, 0) is 30.3 Å². The molecule has 1 aliphatic heterocycles. The third kappa shape index (κ3) is 2.72. The van der Waals surface area contributed by atoms with Crippen LogP contribution in [0.15, 0.2) is 24.4 Å². The van der Waals surface area contributed by atoms with E-state index in [1.807, 2.05) is 24.4 Å². The first-order valence-electron chi connectivity index (χ1n) is 6.41. The summed E-state index contributed by atoms with van der Waals surface area (Å²) in [4.78, 5) is 5.52. The molecule has 0 saturated carbocycles. The number of benzene rings is 1. The standard InChI is InChI=1S/C14H16N2O2S/c15-5-4-14-16-9-13(19-14)10-2-3-11-12(8-10)18-7-1-6-17-11/h2-3,8-9H,1,4-7,15H2.